The average Bonchev–Trinajstić information content (AvgIpc) is 3.16. The van der Waals surface area contributed by atoms with Gasteiger partial charge in [-0.1, -0.05) is 137 Å². The Labute approximate surface area is 394 Å². The molecular formula is C60H74O6. The molecular weight excluding hydrogens is 817 g/mol. The first-order valence-electron chi connectivity index (χ1n) is 23.2. The van der Waals surface area contributed by atoms with Crippen LogP contribution in [0.15, 0.2) is 84.9 Å². The molecule has 0 radical (unpaired) electrons. The van der Waals surface area contributed by atoms with Gasteiger partial charge in [-0.15, -0.1) is 0 Å². The Morgan fingerprint density at radius 1 is 0.212 bits per heavy atom. The molecule has 0 saturated heterocycles. The largest absolute Gasteiger partial charge is 0.507 e. The van der Waals surface area contributed by atoms with Crippen molar-refractivity contribution in [3.63, 3.8) is 0 Å². The topological polar surface area (TPSA) is 121 Å². The molecule has 0 saturated carbocycles. The fourth-order valence-electron chi connectivity index (χ4n) is 8.35. The highest BCUT2D eigenvalue weighted by Gasteiger charge is 2.31. The second kappa shape index (κ2) is 16.5. The maximum atomic E-state index is 12.8. The van der Waals surface area contributed by atoms with E-state index in [4.69, 9.17) is 0 Å². The number of aromatic hydroxyl groups is 6. The summed E-state index contributed by atoms with van der Waals surface area (Å²) in [6.45, 7) is 37.6. The minimum Gasteiger partial charge on any atom is -0.507 e. The minimum atomic E-state index is -0.450. The first-order valence-corrected chi connectivity index (χ1v) is 23.2. The molecule has 0 aliphatic carbocycles. The molecule has 0 aromatic heterocycles. The molecule has 0 aliphatic rings. The summed E-state index contributed by atoms with van der Waals surface area (Å²) in [4.78, 5) is 0. The van der Waals surface area contributed by atoms with E-state index in [9.17, 15) is 30.6 Å². The molecule has 0 heterocycles. The standard InChI is InChI=1S/C60H74O6/c1-55(2,3)33-19-21-49(61)39(23-33)41-25-35(57(7,8)9)27-43(51(41)63)45-29-37(59(13,14)15)31-47(53(45)65)48-32-38(60(16,17)18)30-46(54(48)66)44-28-36(58(10,11)12)26-42(52(44)64)40-24-34(56(4,5)6)20-22-50(40)62/h19-32,61-66H,1-18H3. The molecule has 6 N–H and O–H groups in total. The number of hydrogen-bond acceptors (Lipinski definition) is 6. The Morgan fingerprint density at radius 3 is 0.530 bits per heavy atom. The van der Waals surface area contributed by atoms with Crippen molar-refractivity contribution < 1.29 is 30.6 Å². The van der Waals surface area contributed by atoms with E-state index in [2.05, 4.69) is 125 Å². The van der Waals surface area contributed by atoms with Crippen LogP contribution in [0.5, 0.6) is 34.5 Å². The molecule has 350 valence electrons. The SMILES string of the molecule is CC(C)(C)c1ccc(O)c(-c2cc(C(C)(C)C)cc(-c3cc(C(C)(C)C)cc(-c4cc(C(C)(C)C)cc(-c5cc(C(C)(C)C)cc(-c6cc(C(C)(C)C)ccc6O)c5O)c4O)c3O)c2O)c1. The van der Waals surface area contributed by atoms with Crippen LogP contribution in [-0.2, 0) is 32.5 Å². The van der Waals surface area contributed by atoms with Gasteiger partial charge in [-0.05, 0) is 139 Å². The Balaban J connectivity index is 1.74. The van der Waals surface area contributed by atoms with Gasteiger partial charge < -0.3 is 30.6 Å². The molecule has 0 unspecified atom stereocenters. The van der Waals surface area contributed by atoms with Crippen LogP contribution in [0.25, 0.3) is 55.6 Å². The quantitative estimate of drug-likeness (QED) is 0.103. The van der Waals surface area contributed by atoms with Gasteiger partial charge >= 0.3 is 0 Å². The molecule has 0 bridgehead atoms. The van der Waals surface area contributed by atoms with Gasteiger partial charge in [-0.3, -0.25) is 0 Å². The van der Waals surface area contributed by atoms with Crippen molar-refractivity contribution in [1.29, 1.82) is 0 Å². The summed E-state index contributed by atoms with van der Waals surface area (Å²) in [6, 6.07) is 26.3. The van der Waals surface area contributed by atoms with Crippen LogP contribution in [0.4, 0.5) is 0 Å². The third kappa shape index (κ3) is 9.66. The second-order valence-corrected chi connectivity index (χ2v) is 24.6. The predicted octanol–water partition coefficient (Wildman–Crippen LogP) is 16.0. The van der Waals surface area contributed by atoms with Crippen molar-refractivity contribution in [2.24, 2.45) is 0 Å². The van der Waals surface area contributed by atoms with Crippen LogP contribution < -0.4 is 0 Å². The van der Waals surface area contributed by atoms with E-state index in [1.807, 2.05) is 72.8 Å². The zero-order valence-electron chi connectivity index (χ0n) is 42.8. The monoisotopic (exact) mass is 891 g/mol. The van der Waals surface area contributed by atoms with Gasteiger partial charge in [0.15, 0.2) is 0 Å². The lowest BCUT2D eigenvalue weighted by Crippen LogP contribution is -2.14. The van der Waals surface area contributed by atoms with E-state index in [-0.39, 0.29) is 45.3 Å². The zero-order chi connectivity index (χ0) is 49.6. The van der Waals surface area contributed by atoms with Crippen LogP contribution >= 0.6 is 0 Å². The van der Waals surface area contributed by atoms with Gasteiger partial charge in [0.05, 0.1) is 0 Å². The summed E-state index contributed by atoms with van der Waals surface area (Å²) in [5, 5.41) is 73.4. The molecule has 0 spiro atoms. The fraction of sp³-hybridized carbons (Fsp3) is 0.400. The van der Waals surface area contributed by atoms with E-state index < -0.39 is 21.7 Å². The van der Waals surface area contributed by atoms with E-state index in [1.54, 1.807) is 12.1 Å². The number of rotatable bonds is 5. The van der Waals surface area contributed by atoms with Crippen LogP contribution in [-0.4, -0.2) is 30.6 Å². The summed E-state index contributed by atoms with van der Waals surface area (Å²) >= 11 is 0. The number of phenols is 6. The highest BCUT2D eigenvalue weighted by atomic mass is 16.3. The summed E-state index contributed by atoms with van der Waals surface area (Å²) in [5.41, 5.74) is 7.33. The first kappa shape index (κ1) is 49.6. The zero-order valence-corrected chi connectivity index (χ0v) is 42.8. The summed E-state index contributed by atoms with van der Waals surface area (Å²) < 4.78 is 0. The van der Waals surface area contributed by atoms with Crippen LogP contribution in [0, 0.1) is 0 Å². The maximum absolute atomic E-state index is 12.8. The molecule has 6 nitrogen and oxygen atoms in total. The van der Waals surface area contributed by atoms with Gasteiger partial charge in [-0.2, -0.15) is 0 Å². The first-order chi connectivity index (χ1) is 30.0. The van der Waals surface area contributed by atoms with Crippen molar-refractivity contribution >= 4 is 0 Å². The Morgan fingerprint density at radius 2 is 0.364 bits per heavy atom. The second-order valence-electron chi connectivity index (χ2n) is 24.6. The van der Waals surface area contributed by atoms with Crippen molar-refractivity contribution in [2.75, 3.05) is 0 Å². The Kier molecular flexibility index (Phi) is 12.4. The fourth-order valence-corrected chi connectivity index (χ4v) is 8.35. The van der Waals surface area contributed by atoms with Gasteiger partial charge in [0.25, 0.3) is 0 Å². The summed E-state index contributed by atoms with van der Waals surface area (Å²) in [6.07, 6.45) is 0. The molecule has 6 aromatic carbocycles. The van der Waals surface area contributed by atoms with Gasteiger partial charge in [0.1, 0.15) is 34.5 Å². The Bertz CT molecular complexity index is 2660. The third-order valence-electron chi connectivity index (χ3n) is 13.1. The highest BCUT2D eigenvalue weighted by molar-refractivity contribution is 5.95. The number of phenolic OH excluding ortho intramolecular Hbond substituents is 6. The summed E-state index contributed by atoms with van der Waals surface area (Å²) in [5.74, 6) is -0.432. The number of benzene rings is 6. The van der Waals surface area contributed by atoms with Crippen LogP contribution in [0.2, 0.25) is 0 Å². The van der Waals surface area contributed by atoms with Crippen LogP contribution in [0.3, 0.4) is 0 Å². The lowest BCUT2D eigenvalue weighted by molar-refractivity contribution is 0.463. The third-order valence-corrected chi connectivity index (χ3v) is 13.1. The van der Waals surface area contributed by atoms with Crippen molar-refractivity contribution in [3.05, 3.63) is 118 Å². The molecule has 66 heavy (non-hydrogen) atoms. The van der Waals surface area contributed by atoms with Gasteiger partial charge in [0.2, 0.25) is 0 Å². The van der Waals surface area contributed by atoms with Crippen molar-refractivity contribution in [2.45, 2.75) is 157 Å². The summed E-state index contributed by atoms with van der Waals surface area (Å²) in [7, 11) is 0. The van der Waals surface area contributed by atoms with E-state index >= 15 is 0 Å². The lowest BCUT2D eigenvalue weighted by Gasteiger charge is -2.28. The maximum Gasteiger partial charge on any atom is 0.131 e. The molecule has 6 rings (SSSR count). The van der Waals surface area contributed by atoms with E-state index in [0.29, 0.717) is 55.6 Å². The highest BCUT2D eigenvalue weighted by Crippen LogP contribution is 2.54. The minimum absolute atomic E-state index is 0.0270. The smallest absolute Gasteiger partial charge is 0.131 e. The molecule has 0 amide bonds. The molecule has 0 aliphatic heterocycles. The normalized spacial score (nSPS) is 13.1. The predicted molar refractivity (Wildman–Crippen MR) is 276 cm³/mol. The van der Waals surface area contributed by atoms with Crippen molar-refractivity contribution in [1.82, 2.24) is 0 Å². The average molecular weight is 891 g/mol. The molecule has 6 aromatic rings. The lowest BCUT2D eigenvalue weighted by atomic mass is 9.78. The molecule has 6 heteroatoms. The van der Waals surface area contributed by atoms with Crippen LogP contribution in [0.1, 0.15) is 158 Å². The Hall–Kier alpha value is -5.88. The van der Waals surface area contributed by atoms with E-state index in [1.165, 1.54) is 0 Å². The number of hydrogen-bond donors (Lipinski definition) is 6. The van der Waals surface area contributed by atoms with Gasteiger partial charge in [0, 0.05) is 55.6 Å². The molecule has 0 atom stereocenters. The van der Waals surface area contributed by atoms with Gasteiger partial charge in [-0.25, -0.2) is 0 Å². The molecule has 0 fully saturated rings. The van der Waals surface area contributed by atoms with Crippen molar-refractivity contribution in [3.8, 4) is 90.1 Å². The van der Waals surface area contributed by atoms with E-state index in [0.717, 1.165) is 33.4 Å².